The van der Waals surface area contributed by atoms with Crippen LogP contribution in [0.5, 0.6) is 0 Å². The molecular weight excluding hydrogens is 450 g/mol. The van der Waals surface area contributed by atoms with Gasteiger partial charge in [-0.2, -0.15) is 0 Å². The fraction of sp³-hybridized carbons (Fsp3) is 0.0769. The Bertz CT molecular complexity index is 1240. The van der Waals surface area contributed by atoms with Crippen LogP contribution in [-0.2, 0) is 4.79 Å². The number of thioether (sulfide) groups is 1. The lowest BCUT2D eigenvalue weighted by atomic mass is 10.1. The van der Waals surface area contributed by atoms with Crippen molar-refractivity contribution in [3.63, 3.8) is 0 Å². The summed E-state index contributed by atoms with van der Waals surface area (Å²) in [7, 11) is 0. The Labute approximate surface area is 200 Å². The Morgan fingerprint density at radius 1 is 0.794 bits per heavy atom. The zero-order chi connectivity index (χ0) is 23.9. The average Bonchev–Trinajstić information content (AvgIpc) is 3.13. The smallest absolute Gasteiger partial charge is 0.293 e. The molecule has 2 N–H and O–H groups in total. The van der Waals surface area contributed by atoms with Crippen LogP contribution >= 0.6 is 11.8 Å². The molecule has 3 aromatic rings. The molecule has 1 saturated heterocycles. The number of anilines is 1. The molecule has 34 heavy (non-hydrogen) atoms. The molecule has 1 aliphatic heterocycles. The van der Waals surface area contributed by atoms with Gasteiger partial charge in [0.2, 0.25) is 0 Å². The van der Waals surface area contributed by atoms with E-state index in [4.69, 9.17) is 0 Å². The first-order chi connectivity index (χ1) is 16.5. The van der Waals surface area contributed by atoms with Crippen molar-refractivity contribution in [3.8, 4) is 0 Å². The first-order valence-electron chi connectivity index (χ1n) is 10.6. The number of amides is 4. The Kier molecular flexibility index (Phi) is 7.19. The topological polar surface area (TPSA) is 95.6 Å². The van der Waals surface area contributed by atoms with Crippen molar-refractivity contribution in [1.29, 1.82) is 0 Å². The minimum atomic E-state index is -0.369. The van der Waals surface area contributed by atoms with Gasteiger partial charge in [0, 0.05) is 29.9 Å². The number of hydrogen-bond acceptors (Lipinski definition) is 5. The summed E-state index contributed by atoms with van der Waals surface area (Å²) >= 11 is 0.888. The van der Waals surface area contributed by atoms with Crippen LogP contribution in [0.3, 0.4) is 0 Å². The molecule has 1 fully saturated rings. The summed E-state index contributed by atoms with van der Waals surface area (Å²) in [6, 6.07) is 24.6. The number of carbonyl (C=O) groups is 4. The van der Waals surface area contributed by atoms with Crippen LogP contribution in [0.25, 0.3) is 6.08 Å². The maximum atomic E-state index is 12.6. The summed E-state index contributed by atoms with van der Waals surface area (Å²) in [5, 5.41) is 5.13. The molecule has 0 unspecified atom stereocenters. The van der Waals surface area contributed by atoms with Crippen LogP contribution in [-0.4, -0.2) is 41.0 Å². The molecule has 0 atom stereocenters. The van der Waals surface area contributed by atoms with Gasteiger partial charge < -0.3 is 10.6 Å². The third-order valence-electron chi connectivity index (χ3n) is 5.03. The van der Waals surface area contributed by atoms with Gasteiger partial charge >= 0.3 is 0 Å². The largest absolute Gasteiger partial charge is 0.350 e. The van der Waals surface area contributed by atoms with Crippen LogP contribution in [0.15, 0.2) is 89.8 Å². The first kappa shape index (κ1) is 23.0. The monoisotopic (exact) mass is 471 g/mol. The van der Waals surface area contributed by atoms with Crippen LogP contribution in [0.4, 0.5) is 10.5 Å². The minimum absolute atomic E-state index is 0.0771. The lowest BCUT2D eigenvalue weighted by Crippen LogP contribution is -2.37. The summed E-state index contributed by atoms with van der Waals surface area (Å²) in [5.74, 6) is -0.948. The van der Waals surface area contributed by atoms with Crippen molar-refractivity contribution in [2.45, 2.75) is 0 Å². The fourth-order valence-electron chi connectivity index (χ4n) is 3.27. The van der Waals surface area contributed by atoms with Crippen LogP contribution < -0.4 is 10.6 Å². The van der Waals surface area contributed by atoms with E-state index in [1.54, 1.807) is 54.6 Å². The van der Waals surface area contributed by atoms with E-state index in [2.05, 4.69) is 10.6 Å². The van der Waals surface area contributed by atoms with Crippen molar-refractivity contribution in [2.75, 3.05) is 18.4 Å². The summed E-state index contributed by atoms with van der Waals surface area (Å²) in [6.07, 6.45) is 1.68. The fourth-order valence-corrected chi connectivity index (χ4v) is 4.14. The van der Waals surface area contributed by atoms with E-state index in [9.17, 15) is 19.2 Å². The van der Waals surface area contributed by atoms with Crippen LogP contribution in [0.2, 0.25) is 0 Å². The number of rotatable bonds is 7. The highest BCUT2D eigenvalue weighted by atomic mass is 32.2. The molecule has 0 spiro atoms. The van der Waals surface area contributed by atoms with Gasteiger partial charge in [-0.05, 0) is 59.8 Å². The van der Waals surface area contributed by atoms with E-state index in [0.29, 0.717) is 21.7 Å². The molecule has 8 heteroatoms. The number of carbonyl (C=O) groups excluding carboxylic acids is 4. The Morgan fingerprint density at radius 3 is 2.09 bits per heavy atom. The van der Waals surface area contributed by atoms with E-state index in [1.165, 1.54) is 0 Å². The number of imide groups is 1. The molecule has 3 aromatic carbocycles. The predicted octanol–water partition coefficient (Wildman–Crippen LogP) is 4.41. The molecule has 7 nitrogen and oxygen atoms in total. The normalized spacial score (nSPS) is 14.4. The van der Waals surface area contributed by atoms with Crippen molar-refractivity contribution in [1.82, 2.24) is 10.2 Å². The van der Waals surface area contributed by atoms with E-state index in [-0.39, 0.29) is 36.1 Å². The maximum Gasteiger partial charge on any atom is 0.293 e. The lowest BCUT2D eigenvalue weighted by molar-refractivity contribution is -0.122. The molecule has 0 aliphatic carbocycles. The molecule has 1 aliphatic rings. The summed E-state index contributed by atoms with van der Waals surface area (Å²) in [5.41, 5.74) is 2.34. The third kappa shape index (κ3) is 5.60. The average molecular weight is 472 g/mol. The van der Waals surface area contributed by atoms with Crippen molar-refractivity contribution < 1.29 is 19.2 Å². The second-order valence-corrected chi connectivity index (χ2v) is 8.39. The van der Waals surface area contributed by atoms with E-state index in [1.807, 2.05) is 36.4 Å². The number of nitrogens with one attached hydrogen (secondary N) is 2. The minimum Gasteiger partial charge on any atom is -0.350 e. The van der Waals surface area contributed by atoms with Crippen molar-refractivity contribution in [2.24, 2.45) is 0 Å². The van der Waals surface area contributed by atoms with Gasteiger partial charge in [0.15, 0.2) is 0 Å². The predicted molar refractivity (Wildman–Crippen MR) is 132 cm³/mol. The number of benzene rings is 3. The summed E-state index contributed by atoms with van der Waals surface area (Å²) < 4.78 is 0. The maximum absolute atomic E-state index is 12.6. The van der Waals surface area contributed by atoms with Crippen molar-refractivity contribution in [3.05, 3.63) is 107 Å². The second-order valence-electron chi connectivity index (χ2n) is 7.40. The van der Waals surface area contributed by atoms with Gasteiger partial charge in [-0.3, -0.25) is 24.1 Å². The zero-order valence-electron chi connectivity index (χ0n) is 18.1. The Morgan fingerprint density at radius 2 is 1.41 bits per heavy atom. The van der Waals surface area contributed by atoms with E-state index in [0.717, 1.165) is 22.2 Å². The number of nitrogens with zero attached hydrogens (tertiary/aromatic N) is 1. The van der Waals surface area contributed by atoms with Gasteiger partial charge in [0.05, 0.1) is 4.91 Å². The first-order valence-corrected chi connectivity index (χ1v) is 11.4. The van der Waals surface area contributed by atoms with Crippen LogP contribution in [0, 0.1) is 0 Å². The molecule has 0 bridgehead atoms. The molecule has 4 amide bonds. The molecule has 4 rings (SSSR count). The summed E-state index contributed by atoms with van der Waals surface area (Å²) in [4.78, 5) is 50.9. The lowest BCUT2D eigenvalue weighted by Gasteiger charge is -2.13. The van der Waals surface area contributed by atoms with E-state index >= 15 is 0 Å². The molecule has 0 aromatic heterocycles. The van der Waals surface area contributed by atoms with E-state index < -0.39 is 0 Å². The Balaban J connectivity index is 1.28. The quantitative estimate of drug-likeness (QED) is 0.498. The summed E-state index contributed by atoms with van der Waals surface area (Å²) in [6.45, 7) is 0.204. The Hall–Kier alpha value is -4.17. The highest BCUT2D eigenvalue weighted by molar-refractivity contribution is 8.18. The van der Waals surface area contributed by atoms with Gasteiger partial charge in [-0.15, -0.1) is 0 Å². The van der Waals surface area contributed by atoms with Crippen LogP contribution in [0.1, 0.15) is 26.3 Å². The standard InChI is InChI=1S/C26H21N3O4S/c30-23(20-11-13-21(14-12-20)28-24(31)19-9-5-2-6-10-19)27-15-16-29-25(32)22(34-26(29)33)17-18-7-3-1-4-8-18/h1-14,17H,15-16H2,(H,27,30)(H,28,31)/b22-17-. The zero-order valence-corrected chi connectivity index (χ0v) is 18.9. The highest BCUT2D eigenvalue weighted by Crippen LogP contribution is 2.31. The van der Waals surface area contributed by atoms with Gasteiger partial charge in [0.25, 0.3) is 23.0 Å². The van der Waals surface area contributed by atoms with Gasteiger partial charge in [-0.1, -0.05) is 48.5 Å². The molecule has 0 saturated carbocycles. The molecular formula is C26H21N3O4S. The second kappa shape index (κ2) is 10.6. The highest BCUT2D eigenvalue weighted by Gasteiger charge is 2.34. The van der Waals surface area contributed by atoms with Crippen molar-refractivity contribution >= 4 is 46.5 Å². The molecule has 0 radical (unpaired) electrons. The number of hydrogen-bond donors (Lipinski definition) is 2. The molecule has 1 heterocycles. The SMILES string of the molecule is O=C(NCCN1C(=O)S/C(=C\c2ccccc2)C1=O)c1ccc(NC(=O)c2ccccc2)cc1. The van der Waals surface area contributed by atoms with Gasteiger partial charge in [-0.25, -0.2) is 0 Å². The molecule has 170 valence electrons. The third-order valence-corrected chi connectivity index (χ3v) is 5.94. The van der Waals surface area contributed by atoms with Gasteiger partial charge in [0.1, 0.15) is 0 Å².